The largest absolute Gasteiger partial charge is 0.285 e. The van der Waals surface area contributed by atoms with Crippen LogP contribution in [0.1, 0.15) is 27.7 Å². The smallest absolute Gasteiger partial charge is 0.104 e. The van der Waals surface area contributed by atoms with E-state index in [0.29, 0.717) is 11.8 Å². The standard InChI is InChI=1S/C10H17N3/c1-6(2)8-10(11-5)9(7(3)4)13-12-8/h6-7H,1-5H3. The highest BCUT2D eigenvalue weighted by Gasteiger charge is 2.25. The SMILES string of the molecule is CN=C1C(C(C)C)=NN=C1C(C)C. The molecule has 0 saturated carbocycles. The summed E-state index contributed by atoms with van der Waals surface area (Å²) in [6.45, 7) is 8.46. The summed E-state index contributed by atoms with van der Waals surface area (Å²) >= 11 is 0. The summed E-state index contributed by atoms with van der Waals surface area (Å²) in [5.74, 6) is 0.803. The second-order valence-electron chi connectivity index (χ2n) is 3.85. The molecule has 0 fully saturated rings. The van der Waals surface area contributed by atoms with E-state index < -0.39 is 0 Å². The van der Waals surface area contributed by atoms with Gasteiger partial charge in [0.05, 0.1) is 11.4 Å². The van der Waals surface area contributed by atoms with E-state index in [2.05, 4.69) is 42.9 Å². The predicted octanol–water partition coefficient (Wildman–Crippen LogP) is 2.18. The number of hydrogen-bond acceptors (Lipinski definition) is 3. The van der Waals surface area contributed by atoms with E-state index in [4.69, 9.17) is 0 Å². The third-order valence-corrected chi connectivity index (χ3v) is 2.07. The fourth-order valence-electron chi connectivity index (χ4n) is 1.34. The summed E-state index contributed by atoms with van der Waals surface area (Å²) in [6.07, 6.45) is 0. The monoisotopic (exact) mass is 179 g/mol. The lowest BCUT2D eigenvalue weighted by molar-refractivity contribution is 0.885. The summed E-state index contributed by atoms with van der Waals surface area (Å²) in [6, 6.07) is 0. The maximum Gasteiger partial charge on any atom is 0.104 e. The van der Waals surface area contributed by atoms with Gasteiger partial charge in [-0.05, 0) is 11.8 Å². The molecule has 0 radical (unpaired) electrons. The Hall–Kier alpha value is -0.990. The molecule has 0 atom stereocenters. The van der Waals surface area contributed by atoms with Crippen LogP contribution >= 0.6 is 0 Å². The highest BCUT2D eigenvalue weighted by Crippen LogP contribution is 2.13. The van der Waals surface area contributed by atoms with Gasteiger partial charge in [0.2, 0.25) is 0 Å². The quantitative estimate of drug-likeness (QED) is 0.623. The molecule has 0 saturated heterocycles. The fraction of sp³-hybridized carbons (Fsp3) is 0.700. The van der Waals surface area contributed by atoms with Crippen LogP contribution in [0, 0.1) is 11.8 Å². The van der Waals surface area contributed by atoms with E-state index in [9.17, 15) is 0 Å². The van der Waals surface area contributed by atoms with Gasteiger partial charge in [-0.25, -0.2) is 0 Å². The van der Waals surface area contributed by atoms with E-state index in [1.54, 1.807) is 7.05 Å². The molecule has 0 aromatic carbocycles. The molecule has 1 aliphatic heterocycles. The molecule has 3 nitrogen and oxygen atoms in total. The van der Waals surface area contributed by atoms with Crippen LogP contribution in [0.2, 0.25) is 0 Å². The first-order valence-electron chi connectivity index (χ1n) is 4.70. The molecule has 3 heteroatoms. The van der Waals surface area contributed by atoms with Gasteiger partial charge in [-0.2, -0.15) is 10.2 Å². The summed E-state index contributed by atoms with van der Waals surface area (Å²) in [7, 11) is 1.80. The molecular formula is C10H17N3. The van der Waals surface area contributed by atoms with E-state index in [0.717, 1.165) is 17.1 Å². The summed E-state index contributed by atoms with van der Waals surface area (Å²) in [4.78, 5) is 4.25. The van der Waals surface area contributed by atoms with Crippen LogP contribution in [0.4, 0.5) is 0 Å². The Labute approximate surface area is 79.7 Å². The Morgan fingerprint density at radius 3 is 1.54 bits per heavy atom. The van der Waals surface area contributed by atoms with Crippen LogP contribution in [0.15, 0.2) is 15.2 Å². The Balaban J connectivity index is 2.93. The fourth-order valence-corrected chi connectivity index (χ4v) is 1.34. The Morgan fingerprint density at radius 2 is 1.31 bits per heavy atom. The molecule has 0 amide bonds. The second kappa shape index (κ2) is 3.81. The molecule has 0 unspecified atom stereocenters. The van der Waals surface area contributed by atoms with Crippen LogP contribution in [-0.4, -0.2) is 24.2 Å². The third kappa shape index (κ3) is 1.85. The maximum absolute atomic E-state index is 4.25. The minimum atomic E-state index is 0.402. The van der Waals surface area contributed by atoms with Gasteiger partial charge in [-0.3, -0.25) is 4.99 Å². The zero-order chi connectivity index (χ0) is 10.0. The Morgan fingerprint density at radius 1 is 0.923 bits per heavy atom. The average Bonchev–Trinajstić information content (AvgIpc) is 2.46. The number of rotatable bonds is 2. The number of aliphatic imine (C=N–C) groups is 1. The zero-order valence-electron chi connectivity index (χ0n) is 9.00. The van der Waals surface area contributed by atoms with Crippen molar-refractivity contribution < 1.29 is 0 Å². The average molecular weight is 179 g/mol. The van der Waals surface area contributed by atoms with Gasteiger partial charge < -0.3 is 0 Å². The lowest BCUT2D eigenvalue weighted by Crippen LogP contribution is -2.27. The molecule has 1 aliphatic rings. The molecule has 0 spiro atoms. The summed E-state index contributed by atoms with van der Waals surface area (Å²) in [5.41, 5.74) is 3.03. The first-order chi connectivity index (χ1) is 6.07. The highest BCUT2D eigenvalue weighted by atomic mass is 15.2. The van der Waals surface area contributed by atoms with Gasteiger partial charge in [-0.1, -0.05) is 27.7 Å². The maximum atomic E-state index is 4.25. The van der Waals surface area contributed by atoms with Crippen molar-refractivity contribution in [3.63, 3.8) is 0 Å². The third-order valence-electron chi connectivity index (χ3n) is 2.07. The van der Waals surface area contributed by atoms with Crippen molar-refractivity contribution in [3.05, 3.63) is 0 Å². The van der Waals surface area contributed by atoms with Crippen molar-refractivity contribution in [3.8, 4) is 0 Å². The first-order valence-corrected chi connectivity index (χ1v) is 4.70. The van der Waals surface area contributed by atoms with Crippen LogP contribution < -0.4 is 0 Å². The molecule has 1 rings (SSSR count). The minimum Gasteiger partial charge on any atom is -0.285 e. The van der Waals surface area contributed by atoms with Crippen molar-refractivity contribution in [2.24, 2.45) is 27.0 Å². The lowest BCUT2D eigenvalue weighted by Gasteiger charge is -2.09. The zero-order valence-corrected chi connectivity index (χ0v) is 9.00. The first kappa shape index (κ1) is 10.1. The van der Waals surface area contributed by atoms with Crippen LogP contribution in [0.3, 0.4) is 0 Å². The van der Waals surface area contributed by atoms with Crippen molar-refractivity contribution in [2.45, 2.75) is 27.7 Å². The van der Waals surface area contributed by atoms with Crippen molar-refractivity contribution in [1.29, 1.82) is 0 Å². The molecule has 1 heterocycles. The Kier molecular flexibility index (Phi) is 2.96. The van der Waals surface area contributed by atoms with Crippen molar-refractivity contribution in [2.75, 3.05) is 7.05 Å². The van der Waals surface area contributed by atoms with Gasteiger partial charge >= 0.3 is 0 Å². The minimum absolute atomic E-state index is 0.402. The second-order valence-corrected chi connectivity index (χ2v) is 3.85. The molecule has 13 heavy (non-hydrogen) atoms. The number of hydrogen-bond donors (Lipinski definition) is 0. The number of nitrogens with zero attached hydrogens (tertiary/aromatic N) is 3. The van der Waals surface area contributed by atoms with Crippen LogP contribution in [-0.2, 0) is 0 Å². The van der Waals surface area contributed by atoms with E-state index >= 15 is 0 Å². The van der Waals surface area contributed by atoms with E-state index in [-0.39, 0.29) is 0 Å². The molecule has 0 N–H and O–H groups in total. The van der Waals surface area contributed by atoms with E-state index in [1.807, 2.05) is 0 Å². The molecule has 0 aliphatic carbocycles. The van der Waals surface area contributed by atoms with Crippen LogP contribution in [0.5, 0.6) is 0 Å². The van der Waals surface area contributed by atoms with Gasteiger partial charge in [-0.15, -0.1) is 0 Å². The highest BCUT2D eigenvalue weighted by molar-refractivity contribution is 6.70. The molecule has 0 bridgehead atoms. The van der Waals surface area contributed by atoms with Crippen molar-refractivity contribution >= 4 is 17.1 Å². The molecule has 72 valence electrons. The molecular weight excluding hydrogens is 162 g/mol. The summed E-state index contributed by atoms with van der Waals surface area (Å²) in [5, 5.41) is 8.33. The Bertz CT molecular complexity index is 257. The van der Waals surface area contributed by atoms with E-state index in [1.165, 1.54) is 0 Å². The van der Waals surface area contributed by atoms with Gasteiger partial charge in [0.1, 0.15) is 5.71 Å². The summed E-state index contributed by atoms with van der Waals surface area (Å²) < 4.78 is 0. The normalized spacial score (nSPS) is 16.7. The van der Waals surface area contributed by atoms with Gasteiger partial charge in [0, 0.05) is 7.05 Å². The van der Waals surface area contributed by atoms with Crippen molar-refractivity contribution in [1.82, 2.24) is 0 Å². The predicted molar refractivity (Wildman–Crippen MR) is 57.9 cm³/mol. The molecule has 0 aromatic heterocycles. The topological polar surface area (TPSA) is 37.1 Å². The van der Waals surface area contributed by atoms with Gasteiger partial charge in [0.15, 0.2) is 0 Å². The van der Waals surface area contributed by atoms with Crippen LogP contribution in [0.25, 0.3) is 0 Å². The van der Waals surface area contributed by atoms with Gasteiger partial charge in [0.25, 0.3) is 0 Å². The lowest BCUT2D eigenvalue weighted by atomic mass is 9.95. The molecule has 0 aromatic rings.